The molecule has 2 aliphatic carbocycles. The standard InChI is InChI=1S/C33H39NO5S/c1-22-18-23(2)20-25(19-22)34(40(37,38)26-14-10-7-11-15-26)30-27-16-17-33(5,32(27,3)4)31(30)39-29(36)21-28(35)24-12-8-6-9-13-24/h6-15,18-20,27-28,30-31,35H,16-17,21H2,1-5H3/t27?,28-,30?,31?,33?/m1/s1. The molecule has 0 spiro atoms. The number of esters is 1. The van der Waals surface area contributed by atoms with Crippen molar-refractivity contribution in [2.45, 2.75) is 77.0 Å². The Bertz CT molecular complexity index is 1470. The molecule has 2 fully saturated rings. The fourth-order valence-electron chi connectivity index (χ4n) is 7.14. The van der Waals surface area contributed by atoms with Crippen LogP contribution >= 0.6 is 0 Å². The number of hydrogen-bond acceptors (Lipinski definition) is 5. The van der Waals surface area contributed by atoms with Crippen molar-refractivity contribution in [1.82, 2.24) is 0 Å². The van der Waals surface area contributed by atoms with E-state index in [4.69, 9.17) is 4.74 Å². The van der Waals surface area contributed by atoms with Gasteiger partial charge in [-0.1, -0.05) is 75.4 Å². The third-order valence-electron chi connectivity index (χ3n) is 9.56. The van der Waals surface area contributed by atoms with E-state index in [1.807, 2.05) is 50.2 Å². The molecule has 0 aliphatic heterocycles. The summed E-state index contributed by atoms with van der Waals surface area (Å²) in [5.41, 5.74) is 2.39. The Balaban J connectivity index is 1.59. The first-order valence-corrected chi connectivity index (χ1v) is 15.4. The minimum Gasteiger partial charge on any atom is -0.459 e. The van der Waals surface area contributed by atoms with Crippen LogP contribution in [0.5, 0.6) is 0 Å². The van der Waals surface area contributed by atoms with E-state index in [1.165, 1.54) is 4.31 Å². The summed E-state index contributed by atoms with van der Waals surface area (Å²) in [6.45, 7) is 10.4. The van der Waals surface area contributed by atoms with Gasteiger partial charge in [0.2, 0.25) is 0 Å². The molecule has 2 bridgehead atoms. The maximum absolute atomic E-state index is 14.5. The van der Waals surface area contributed by atoms with E-state index in [1.54, 1.807) is 42.5 Å². The van der Waals surface area contributed by atoms with Crippen molar-refractivity contribution in [3.05, 3.63) is 95.6 Å². The molecule has 40 heavy (non-hydrogen) atoms. The molecule has 0 radical (unpaired) electrons. The van der Waals surface area contributed by atoms with Gasteiger partial charge in [0.1, 0.15) is 6.10 Å². The molecule has 3 aromatic carbocycles. The summed E-state index contributed by atoms with van der Waals surface area (Å²) >= 11 is 0. The molecule has 5 rings (SSSR count). The lowest BCUT2D eigenvalue weighted by atomic mass is 9.70. The molecule has 2 aliphatic rings. The Morgan fingerprint density at radius 1 is 0.975 bits per heavy atom. The van der Waals surface area contributed by atoms with Gasteiger partial charge in [0.05, 0.1) is 29.1 Å². The number of fused-ring (bicyclic) bond motifs is 2. The summed E-state index contributed by atoms with van der Waals surface area (Å²) in [4.78, 5) is 13.6. The molecule has 212 valence electrons. The average Bonchev–Trinajstić information content (AvgIpc) is 3.22. The van der Waals surface area contributed by atoms with E-state index in [2.05, 4.69) is 20.8 Å². The van der Waals surface area contributed by atoms with Crippen molar-refractivity contribution in [3.8, 4) is 0 Å². The second-order valence-electron chi connectivity index (χ2n) is 12.3. The monoisotopic (exact) mass is 561 g/mol. The zero-order valence-corrected chi connectivity index (χ0v) is 24.7. The van der Waals surface area contributed by atoms with E-state index in [-0.39, 0.29) is 22.6 Å². The molecule has 5 atom stereocenters. The normalized spacial score (nSPS) is 25.9. The first-order chi connectivity index (χ1) is 18.9. The number of carbonyl (C=O) groups is 1. The van der Waals surface area contributed by atoms with Crippen molar-refractivity contribution in [3.63, 3.8) is 0 Å². The summed E-state index contributed by atoms with van der Waals surface area (Å²) in [6.07, 6.45) is -0.234. The second kappa shape index (κ2) is 10.3. The van der Waals surface area contributed by atoms with Crippen molar-refractivity contribution in [2.24, 2.45) is 16.7 Å². The van der Waals surface area contributed by atoms with Crippen LogP contribution in [0.1, 0.15) is 62.8 Å². The molecule has 2 saturated carbocycles. The number of hydrogen-bond donors (Lipinski definition) is 1. The molecular formula is C33H39NO5S. The van der Waals surface area contributed by atoms with Crippen LogP contribution in [0.15, 0.2) is 83.8 Å². The van der Waals surface area contributed by atoms with E-state index < -0.39 is 39.7 Å². The van der Waals surface area contributed by atoms with Crippen molar-refractivity contribution < 1.29 is 23.1 Å². The fraction of sp³-hybridized carbons (Fsp3) is 0.424. The maximum Gasteiger partial charge on any atom is 0.309 e. The minimum atomic E-state index is -4.01. The van der Waals surface area contributed by atoms with Crippen molar-refractivity contribution in [1.29, 1.82) is 0 Å². The highest BCUT2D eigenvalue weighted by Gasteiger charge is 2.70. The molecule has 3 aromatic rings. The average molecular weight is 562 g/mol. The van der Waals surface area contributed by atoms with E-state index in [0.29, 0.717) is 11.3 Å². The van der Waals surface area contributed by atoms with E-state index >= 15 is 0 Å². The number of ether oxygens (including phenoxy) is 1. The Labute approximate surface area is 238 Å². The van der Waals surface area contributed by atoms with Crippen LogP contribution in [-0.4, -0.2) is 31.6 Å². The third-order valence-corrected chi connectivity index (χ3v) is 11.4. The fourth-order valence-corrected chi connectivity index (χ4v) is 8.83. The zero-order valence-electron chi connectivity index (χ0n) is 23.9. The molecule has 1 N–H and O–H groups in total. The van der Waals surface area contributed by atoms with Crippen molar-refractivity contribution in [2.75, 3.05) is 4.31 Å². The first kappa shape index (κ1) is 28.4. The molecule has 7 heteroatoms. The summed E-state index contributed by atoms with van der Waals surface area (Å²) in [5.74, 6) is -0.568. The lowest BCUT2D eigenvalue weighted by Crippen LogP contribution is -2.53. The van der Waals surface area contributed by atoms with Gasteiger partial charge >= 0.3 is 5.97 Å². The molecule has 0 aromatic heterocycles. The molecule has 0 saturated heterocycles. The molecule has 4 unspecified atom stereocenters. The Kier molecular flexibility index (Phi) is 7.34. The summed E-state index contributed by atoms with van der Waals surface area (Å²) in [6, 6.07) is 22.7. The smallest absolute Gasteiger partial charge is 0.309 e. The maximum atomic E-state index is 14.5. The SMILES string of the molecule is Cc1cc(C)cc(N(C2C3CCC(C)(C2OC(=O)C[C@@H](O)c2ccccc2)C3(C)C)S(=O)(=O)c2ccccc2)c1. The third kappa shape index (κ3) is 4.73. The van der Waals surface area contributed by atoms with Gasteiger partial charge < -0.3 is 9.84 Å². The number of aryl methyl sites for hydroxylation is 2. The van der Waals surface area contributed by atoms with E-state index in [9.17, 15) is 18.3 Å². The quantitative estimate of drug-likeness (QED) is 0.324. The number of benzene rings is 3. The predicted octanol–water partition coefficient (Wildman–Crippen LogP) is 6.36. The van der Waals surface area contributed by atoms with Gasteiger partial charge in [-0.15, -0.1) is 0 Å². The number of aliphatic hydroxyl groups is 1. The van der Waals surface area contributed by atoms with Gasteiger partial charge in [0.15, 0.2) is 0 Å². The van der Waals surface area contributed by atoms with Crippen LogP contribution in [0.3, 0.4) is 0 Å². The van der Waals surface area contributed by atoms with Crippen LogP contribution in [0.2, 0.25) is 0 Å². The van der Waals surface area contributed by atoms with Crippen molar-refractivity contribution >= 4 is 21.7 Å². The van der Waals surface area contributed by atoms with Gasteiger partial charge in [0, 0.05) is 5.41 Å². The van der Waals surface area contributed by atoms with Gasteiger partial charge in [-0.2, -0.15) is 0 Å². The number of sulfonamides is 1. The highest BCUT2D eigenvalue weighted by molar-refractivity contribution is 7.92. The molecule has 0 heterocycles. The lowest BCUT2D eigenvalue weighted by Gasteiger charge is -2.43. The number of rotatable bonds is 8. The van der Waals surface area contributed by atoms with Gasteiger partial charge in [0.25, 0.3) is 10.0 Å². The van der Waals surface area contributed by atoms with Crippen LogP contribution in [0, 0.1) is 30.6 Å². The molecule has 6 nitrogen and oxygen atoms in total. The Morgan fingerprint density at radius 3 is 2.15 bits per heavy atom. The summed E-state index contributed by atoms with van der Waals surface area (Å²) in [5, 5.41) is 10.7. The van der Waals surface area contributed by atoms with Crippen LogP contribution in [0.4, 0.5) is 5.69 Å². The van der Waals surface area contributed by atoms with Crippen LogP contribution in [0.25, 0.3) is 0 Å². The molecule has 0 amide bonds. The highest BCUT2D eigenvalue weighted by atomic mass is 32.2. The highest BCUT2D eigenvalue weighted by Crippen LogP contribution is 2.68. The second-order valence-corrected chi connectivity index (χ2v) is 14.1. The topological polar surface area (TPSA) is 83.9 Å². The van der Waals surface area contributed by atoms with Crippen LogP contribution < -0.4 is 4.31 Å². The van der Waals surface area contributed by atoms with Crippen LogP contribution in [-0.2, 0) is 19.6 Å². The lowest BCUT2D eigenvalue weighted by molar-refractivity contribution is -0.160. The zero-order chi connectivity index (χ0) is 28.9. The Morgan fingerprint density at radius 2 is 1.55 bits per heavy atom. The number of nitrogens with zero attached hydrogens (tertiary/aromatic N) is 1. The Hall–Kier alpha value is -3.16. The van der Waals surface area contributed by atoms with Gasteiger partial charge in [-0.25, -0.2) is 8.42 Å². The van der Waals surface area contributed by atoms with Gasteiger partial charge in [-0.05, 0) is 79.0 Å². The largest absolute Gasteiger partial charge is 0.459 e. The molecular weight excluding hydrogens is 522 g/mol. The number of aliphatic hydroxyl groups excluding tert-OH is 1. The number of carbonyl (C=O) groups excluding carboxylic acids is 1. The first-order valence-electron chi connectivity index (χ1n) is 14.0. The summed E-state index contributed by atoms with van der Waals surface area (Å²) < 4.78 is 36.8. The predicted molar refractivity (Wildman–Crippen MR) is 156 cm³/mol. The summed E-state index contributed by atoms with van der Waals surface area (Å²) in [7, 11) is -4.01. The van der Waals surface area contributed by atoms with E-state index in [0.717, 1.165) is 24.0 Å². The van der Waals surface area contributed by atoms with Gasteiger partial charge in [-0.3, -0.25) is 9.10 Å². The number of anilines is 1. The minimum absolute atomic E-state index is 0.0337.